The molecular weight excluding hydrogens is 506 g/mol. The number of carbonyl (C=O) groups excluding carboxylic acids is 3. The summed E-state index contributed by atoms with van der Waals surface area (Å²) in [5.41, 5.74) is 4.35. The first-order chi connectivity index (χ1) is 19.1. The van der Waals surface area contributed by atoms with Crippen molar-refractivity contribution in [1.29, 1.82) is 5.26 Å². The lowest BCUT2D eigenvalue weighted by atomic mass is 10.1. The van der Waals surface area contributed by atoms with Gasteiger partial charge in [-0.1, -0.05) is 18.2 Å². The molecule has 3 heterocycles. The summed E-state index contributed by atoms with van der Waals surface area (Å²) in [6.07, 6.45) is 2.25. The summed E-state index contributed by atoms with van der Waals surface area (Å²) in [7, 11) is 0. The third-order valence-corrected chi connectivity index (χ3v) is 7.23. The maximum atomic E-state index is 13.3. The number of pyridine rings is 1. The molecule has 1 atom stereocenters. The van der Waals surface area contributed by atoms with Gasteiger partial charge in [0.1, 0.15) is 11.4 Å². The number of alkyl carbamates (subject to hydrolysis) is 1. The standard InChI is InChI=1S/C31H27N5O4/c1-31(2,3)40-30(39)34-20-14-24-23-13-18(16-32)10-11-25(23)35(26(24)15-20)17-19-7-6-12-33-27(19)36-28(37)21-8-4-5-9-22(21)29(36)38/h4-13,20H,14-15,17H2,1-3H3,(H,34,39)/t20-/m1/s1. The number of aromatic nitrogens is 2. The first-order valence-electron chi connectivity index (χ1n) is 13.1. The number of nitrogens with one attached hydrogen (secondary N) is 1. The number of hydrogen-bond donors (Lipinski definition) is 1. The van der Waals surface area contributed by atoms with Crippen molar-refractivity contribution < 1.29 is 19.1 Å². The van der Waals surface area contributed by atoms with E-state index in [1.165, 1.54) is 0 Å². The Balaban J connectivity index is 1.38. The van der Waals surface area contributed by atoms with Crippen LogP contribution < -0.4 is 10.2 Å². The highest BCUT2D eigenvalue weighted by Gasteiger charge is 2.38. The Bertz CT molecular complexity index is 1720. The summed E-state index contributed by atoms with van der Waals surface area (Å²) in [4.78, 5) is 44.6. The van der Waals surface area contributed by atoms with E-state index in [-0.39, 0.29) is 6.04 Å². The number of hydrogen-bond acceptors (Lipinski definition) is 6. The lowest BCUT2D eigenvalue weighted by molar-refractivity contribution is 0.0506. The molecule has 9 nitrogen and oxygen atoms in total. The lowest BCUT2D eigenvalue weighted by Crippen LogP contribution is -2.39. The summed E-state index contributed by atoms with van der Waals surface area (Å²) < 4.78 is 7.59. The summed E-state index contributed by atoms with van der Waals surface area (Å²) >= 11 is 0. The van der Waals surface area contributed by atoms with Crippen LogP contribution in [0.4, 0.5) is 10.6 Å². The molecule has 2 aliphatic rings. The first-order valence-corrected chi connectivity index (χ1v) is 13.1. The van der Waals surface area contributed by atoms with Gasteiger partial charge in [0, 0.05) is 40.8 Å². The molecule has 1 aliphatic carbocycles. The molecule has 4 aromatic rings. The van der Waals surface area contributed by atoms with Crippen molar-refractivity contribution in [2.75, 3.05) is 4.90 Å². The van der Waals surface area contributed by atoms with Crippen molar-refractivity contribution in [3.63, 3.8) is 0 Å². The smallest absolute Gasteiger partial charge is 0.407 e. The summed E-state index contributed by atoms with van der Waals surface area (Å²) in [5.74, 6) is -0.508. The Morgan fingerprint density at radius 1 is 1.07 bits per heavy atom. The Labute approximate surface area is 231 Å². The molecule has 9 heteroatoms. The Kier molecular flexibility index (Phi) is 5.91. The van der Waals surface area contributed by atoms with E-state index in [4.69, 9.17) is 4.74 Å². The second-order valence-electron chi connectivity index (χ2n) is 11.1. The topological polar surface area (TPSA) is 117 Å². The van der Waals surface area contributed by atoms with Crippen molar-refractivity contribution in [3.8, 4) is 6.07 Å². The van der Waals surface area contributed by atoms with Crippen molar-refractivity contribution in [1.82, 2.24) is 14.9 Å². The van der Waals surface area contributed by atoms with E-state index in [9.17, 15) is 19.6 Å². The van der Waals surface area contributed by atoms with Crippen molar-refractivity contribution in [3.05, 3.63) is 94.3 Å². The van der Waals surface area contributed by atoms with Gasteiger partial charge in [0.15, 0.2) is 0 Å². The predicted octanol–water partition coefficient (Wildman–Crippen LogP) is 4.75. The van der Waals surface area contributed by atoms with E-state index in [0.29, 0.717) is 47.5 Å². The van der Waals surface area contributed by atoms with Crippen LogP contribution in [0.3, 0.4) is 0 Å². The van der Waals surface area contributed by atoms with Crippen molar-refractivity contribution in [2.24, 2.45) is 0 Å². The molecule has 2 aromatic carbocycles. The Hall–Kier alpha value is -4.97. The fourth-order valence-electron chi connectivity index (χ4n) is 5.62. The first kappa shape index (κ1) is 25.3. The SMILES string of the molecule is CC(C)(C)OC(=O)N[C@@H]1Cc2c(n(Cc3cccnc3N3C(=O)c4ccccc4C3=O)c3ccc(C#N)cc23)C1. The molecule has 2 aromatic heterocycles. The van der Waals surface area contributed by atoms with E-state index >= 15 is 0 Å². The molecule has 3 amide bonds. The number of ether oxygens (including phenoxy) is 1. The highest BCUT2D eigenvalue weighted by Crippen LogP contribution is 2.36. The van der Waals surface area contributed by atoms with E-state index in [1.54, 1.807) is 42.6 Å². The second-order valence-corrected chi connectivity index (χ2v) is 11.1. The van der Waals surface area contributed by atoms with Gasteiger partial charge < -0.3 is 14.6 Å². The molecule has 0 radical (unpaired) electrons. The highest BCUT2D eigenvalue weighted by atomic mass is 16.6. The third-order valence-electron chi connectivity index (χ3n) is 7.23. The molecule has 40 heavy (non-hydrogen) atoms. The van der Waals surface area contributed by atoms with Gasteiger partial charge in [-0.15, -0.1) is 0 Å². The largest absolute Gasteiger partial charge is 0.444 e. The number of nitriles is 1. The zero-order valence-corrected chi connectivity index (χ0v) is 22.4. The van der Waals surface area contributed by atoms with Gasteiger partial charge in [-0.3, -0.25) is 9.59 Å². The lowest BCUT2D eigenvalue weighted by Gasteiger charge is -2.22. The normalized spacial score (nSPS) is 16.1. The van der Waals surface area contributed by atoms with Crippen LogP contribution in [0.5, 0.6) is 0 Å². The molecule has 200 valence electrons. The molecule has 1 aliphatic heterocycles. The van der Waals surface area contributed by atoms with Crippen LogP contribution in [0.15, 0.2) is 60.8 Å². The van der Waals surface area contributed by atoms with Crippen LogP contribution >= 0.6 is 0 Å². The summed E-state index contributed by atoms with van der Waals surface area (Å²) in [6, 6.07) is 18.0. The van der Waals surface area contributed by atoms with Crippen LogP contribution in [0.2, 0.25) is 0 Å². The molecule has 0 bridgehead atoms. The van der Waals surface area contributed by atoms with E-state index < -0.39 is 23.5 Å². The highest BCUT2D eigenvalue weighted by molar-refractivity contribution is 6.34. The number of imide groups is 1. The van der Waals surface area contributed by atoms with Gasteiger partial charge in [-0.25, -0.2) is 14.7 Å². The molecule has 0 spiro atoms. The Morgan fingerprint density at radius 3 is 2.48 bits per heavy atom. The van der Waals surface area contributed by atoms with Gasteiger partial charge in [0.2, 0.25) is 0 Å². The molecular formula is C31H27N5O4. The number of carbonyl (C=O) groups is 3. The van der Waals surface area contributed by atoms with Gasteiger partial charge >= 0.3 is 6.09 Å². The third kappa shape index (κ3) is 4.28. The average Bonchev–Trinajstić information content (AvgIpc) is 3.53. The van der Waals surface area contributed by atoms with Crippen LogP contribution in [-0.2, 0) is 24.1 Å². The number of nitrogens with zero attached hydrogens (tertiary/aromatic N) is 4. The van der Waals surface area contributed by atoms with Gasteiger partial charge in [-0.05, 0) is 69.2 Å². The van der Waals surface area contributed by atoms with Crippen LogP contribution in [0, 0.1) is 11.3 Å². The van der Waals surface area contributed by atoms with Crippen LogP contribution in [-0.4, -0.2) is 39.1 Å². The number of rotatable bonds is 4. The zero-order valence-electron chi connectivity index (χ0n) is 22.4. The average molecular weight is 534 g/mol. The van der Waals surface area contributed by atoms with Crippen LogP contribution in [0.1, 0.15) is 63.9 Å². The minimum atomic E-state index is -0.611. The number of amides is 3. The second kappa shape index (κ2) is 9.35. The Morgan fingerprint density at radius 2 is 1.80 bits per heavy atom. The maximum absolute atomic E-state index is 13.3. The molecule has 6 rings (SSSR count). The van der Waals surface area contributed by atoms with E-state index in [1.807, 2.05) is 39.0 Å². The van der Waals surface area contributed by atoms with Gasteiger partial charge in [0.05, 0.1) is 29.3 Å². The number of anilines is 1. The quantitative estimate of drug-likeness (QED) is 0.379. The number of fused-ring (bicyclic) bond motifs is 4. The zero-order chi connectivity index (χ0) is 28.2. The summed E-state index contributed by atoms with van der Waals surface area (Å²) in [6.45, 7) is 5.80. The summed E-state index contributed by atoms with van der Waals surface area (Å²) in [5, 5.41) is 13.5. The molecule has 0 saturated carbocycles. The predicted molar refractivity (Wildman–Crippen MR) is 148 cm³/mol. The maximum Gasteiger partial charge on any atom is 0.407 e. The minimum Gasteiger partial charge on any atom is -0.444 e. The number of benzene rings is 2. The fourth-order valence-corrected chi connectivity index (χ4v) is 5.62. The fraction of sp³-hybridized carbons (Fsp3) is 0.258. The van der Waals surface area contributed by atoms with Crippen molar-refractivity contribution >= 4 is 34.6 Å². The van der Waals surface area contributed by atoms with Gasteiger partial charge in [-0.2, -0.15) is 5.26 Å². The van der Waals surface area contributed by atoms with E-state index in [0.717, 1.165) is 27.1 Å². The van der Waals surface area contributed by atoms with Gasteiger partial charge in [0.25, 0.3) is 11.8 Å². The molecule has 0 fully saturated rings. The molecule has 1 N–H and O–H groups in total. The van der Waals surface area contributed by atoms with Crippen LogP contribution in [0.25, 0.3) is 10.9 Å². The van der Waals surface area contributed by atoms with E-state index in [2.05, 4.69) is 20.9 Å². The molecule has 0 saturated heterocycles. The van der Waals surface area contributed by atoms with Crippen molar-refractivity contribution in [2.45, 2.75) is 51.8 Å². The monoisotopic (exact) mass is 533 g/mol. The molecule has 0 unspecified atom stereocenters. The minimum absolute atomic E-state index is 0.175.